The molecule has 1 aliphatic carbocycles. The van der Waals surface area contributed by atoms with Gasteiger partial charge in [0.2, 0.25) is 10.0 Å². The number of carbonyl (C=O) groups excluding carboxylic acids is 1. The lowest BCUT2D eigenvalue weighted by Crippen LogP contribution is -2.44. The standard InChI is InChI=1S/C21H29ClN2O3S/c22-19-9-8-17(14-20(19)28(26,27)24-11-4-1-5-12-24)21(25)23-13-10-16-6-2-3-7-18(16)15-23/h8-9,14,16,18H,1-7,10-13,15H2/t16-,18+/m1/s1. The highest BCUT2D eigenvalue weighted by Crippen LogP contribution is 2.36. The summed E-state index contributed by atoms with van der Waals surface area (Å²) in [5.74, 6) is 1.27. The number of rotatable bonds is 3. The van der Waals surface area contributed by atoms with Crippen molar-refractivity contribution in [2.45, 2.75) is 56.3 Å². The predicted octanol–water partition coefficient (Wildman–Crippen LogP) is 4.17. The van der Waals surface area contributed by atoms with Crippen LogP contribution < -0.4 is 0 Å². The monoisotopic (exact) mass is 424 g/mol. The summed E-state index contributed by atoms with van der Waals surface area (Å²) in [6, 6.07) is 4.70. The van der Waals surface area contributed by atoms with Gasteiger partial charge in [0, 0.05) is 31.7 Å². The Balaban J connectivity index is 1.55. The van der Waals surface area contributed by atoms with Gasteiger partial charge in [-0.05, 0) is 55.7 Å². The van der Waals surface area contributed by atoms with Crippen LogP contribution in [0.2, 0.25) is 5.02 Å². The first kappa shape index (κ1) is 20.2. The predicted molar refractivity (Wildman–Crippen MR) is 110 cm³/mol. The Morgan fingerprint density at radius 3 is 2.39 bits per heavy atom. The van der Waals surface area contributed by atoms with E-state index in [1.165, 1.54) is 36.1 Å². The highest BCUT2D eigenvalue weighted by Gasteiger charge is 2.34. The smallest absolute Gasteiger partial charge is 0.253 e. The van der Waals surface area contributed by atoms with E-state index in [2.05, 4.69) is 0 Å². The third-order valence-corrected chi connectivity index (χ3v) is 9.07. The number of hydrogen-bond acceptors (Lipinski definition) is 3. The Morgan fingerprint density at radius 2 is 1.64 bits per heavy atom. The first-order valence-electron chi connectivity index (χ1n) is 10.6. The van der Waals surface area contributed by atoms with Crippen molar-refractivity contribution in [3.8, 4) is 0 Å². The van der Waals surface area contributed by atoms with Crippen LogP contribution in [0, 0.1) is 11.8 Å². The fourth-order valence-corrected chi connectivity index (χ4v) is 7.06. The number of benzene rings is 1. The van der Waals surface area contributed by atoms with Crippen LogP contribution in [0.15, 0.2) is 23.1 Å². The molecule has 7 heteroatoms. The molecule has 2 saturated heterocycles. The van der Waals surface area contributed by atoms with Crippen molar-refractivity contribution < 1.29 is 13.2 Å². The number of likely N-dealkylation sites (tertiary alicyclic amines) is 1. The maximum Gasteiger partial charge on any atom is 0.253 e. The molecular formula is C21H29ClN2O3S. The van der Waals surface area contributed by atoms with E-state index in [0.717, 1.165) is 44.7 Å². The SMILES string of the molecule is O=C(c1ccc(Cl)c(S(=O)(=O)N2CCCCC2)c1)N1CC[C@H]2CCCC[C@H]2C1. The third kappa shape index (κ3) is 3.96. The zero-order valence-corrected chi connectivity index (χ0v) is 17.8. The van der Waals surface area contributed by atoms with E-state index in [1.807, 2.05) is 4.90 Å². The van der Waals surface area contributed by atoms with Gasteiger partial charge in [0.25, 0.3) is 5.91 Å². The molecule has 2 atom stereocenters. The molecule has 2 aliphatic heterocycles. The number of hydrogen-bond donors (Lipinski definition) is 0. The molecule has 0 unspecified atom stereocenters. The Labute approximate surface area is 173 Å². The first-order chi connectivity index (χ1) is 13.5. The average molecular weight is 425 g/mol. The van der Waals surface area contributed by atoms with Crippen molar-refractivity contribution in [3.05, 3.63) is 28.8 Å². The van der Waals surface area contributed by atoms with Gasteiger partial charge >= 0.3 is 0 Å². The molecule has 154 valence electrons. The number of fused-ring (bicyclic) bond motifs is 1. The Hall–Kier alpha value is -1.11. The second kappa shape index (κ2) is 8.33. The molecule has 3 aliphatic rings. The van der Waals surface area contributed by atoms with Gasteiger partial charge in [-0.3, -0.25) is 4.79 Å². The van der Waals surface area contributed by atoms with Crippen molar-refractivity contribution in [2.24, 2.45) is 11.8 Å². The van der Waals surface area contributed by atoms with Gasteiger partial charge in [-0.1, -0.05) is 37.3 Å². The minimum Gasteiger partial charge on any atom is -0.338 e. The van der Waals surface area contributed by atoms with Crippen LogP contribution in [-0.2, 0) is 10.0 Å². The lowest BCUT2D eigenvalue weighted by molar-refractivity contribution is 0.0520. The summed E-state index contributed by atoms with van der Waals surface area (Å²) in [5, 5.41) is 0.188. The molecule has 1 aromatic carbocycles. The lowest BCUT2D eigenvalue weighted by atomic mass is 9.75. The average Bonchev–Trinajstić information content (AvgIpc) is 2.73. The summed E-state index contributed by atoms with van der Waals surface area (Å²) < 4.78 is 27.6. The van der Waals surface area contributed by atoms with Crippen molar-refractivity contribution in [3.63, 3.8) is 0 Å². The van der Waals surface area contributed by atoms with E-state index in [0.29, 0.717) is 24.6 Å². The number of carbonyl (C=O) groups is 1. The summed E-state index contributed by atoms with van der Waals surface area (Å²) in [5.41, 5.74) is 0.425. The van der Waals surface area contributed by atoms with E-state index in [1.54, 1.807) is 12.1 Å². The fraction of sp³-hybridized carbons (Fsp3) is 0.667. The van der Waals surface area contributed by atoms with Gasteiger partial charge in [-0.25, -0.2) is 8.42 Å². The first-order valence-corrected chi connectivity index (χ1v) is 12.4. The summed E-state index contributed by atoms with van der Waals surface area (Å²) in [7, 11) is -3.67. The summed E-state index contributed by atoms with van der Waals surface area (Å²) in [6.45, 7) is 2.59. The molecule has 0 radical (unpaired) electrons. The normalized spacial score (nSPS) is 26.7. The van der Waals surface area contributed by atoms with Crippen LogP contribution in [0.5, 0.6) is 0 Å². The zero-order chi connectivity index (χ0) is 19.7. The van der Waals surface area contributed by atoms with Crippen LogP contribution >= 0.6 is 11.6 Å². The van der Waals surface area contributed by atoms with Crippen LogP contribution in [-0.4, -0.2) is 49.7 Å². The van der Waals surface area contributed by atoms with E-state index in [9.17, 15) is 13.2 Å². The number of amides is 1. The Morgan fingerprint density at radius 1 is 0.929 bits per heavy atom. The molecule has 1 aromatic rings. The van der Waals surface area contributed by atoms with Crippen molar-refractivity contribution >= 4 is 27.5 Å². The van der Waals surface area contributed by atoms with Crippen LogP contribution in [0.3, 0.4) is 0 Å². The maximum atomic E-state index is 13.1. The molecular weight excluding hydrogens is 396 g/mol. The molecule has 1 saturated carbocycles. The van der Waals surface area contributed by atoms with Crippen molar-refractivity contribution in [2.75, 3.05) is 26.2 Å². The van der Waals surface area contributed by atoms with E-state index >= 15 is 0 Å². The zero-order valence-electron chi connectivity index (χ0n) is 16.3. The van der Waals surface area contributed by atoms with E-state index < -0.39 is 10.0 Å². The minimum absolute atomic E-state index is 0.0643. The van der Waals surface area contributed by atoms with Gasteiger partial charge in [0.1, 0.15) is 4.90 Å². The molecule has 0 aromatic heterocycles. The molecule has 2 heterocycles. The Bertz CT molecular complexity index is 836. The summed E-state index contributed by atoms with van der Waals surface area (Å²) in [6.07, 6.45) is 8.89. The van der Waals surface area contributed by atoms with Crippen LogP contribution in [0.1, 0.15) is 61.7 Å². The quantitative estimate of drug-likeness (QED) is 0.731. The second-order valence-corrected chi connectivity index (χ2v) is 10.8. The molecule has 1 amide bonds. The summed E-state index contributed by atoms with van der Waals surface area (Å²) in [4.78, 5) is 15.1. The molecule has 0 bridgehead atoms. The largest absolute Gasteiger partial charge is 0.338 e. The van der Waals surface area contributed by atoms with E-state index in [4.69, 9.17) is 11.6 Å². The molecule has 5 nitrogen and oxygen atoms in total. The minimum atomic E-state index is -3.67. The van der Waals surface area contributed by atoms with Crippen molar-refractivity contribution in [1.29, 1.82) is 0 Å². The summed E-state index contributed by atoms with van der Waals surface area (Å²) >= 11 is 6.25. The van der Waals surface area contributed by atoms with Crippen molar-refractivity contribution in [1.82, 2.24) is 9.21 Å². The lowest BCUT2D eigenvalue weighted by Gasteiger charge is -2.41. The van der Waals surface area contributed by atoms with Gasteiger partial charge in [-0.15, -0.1) is 0 Å². The van der Waals surface area contributed by atoms with Gasteiger partial charge in [0.15, 0.2) is 0 Å². The topological polar surface area (TPSA) is 57.7 Å². The second-order valence-electron chi connectivity index (χ2n) is 8.45. The number of piperidine rings is 2. The highest BCUT2D eigenvalue weighted by molar-refractivity contribution is 7.89. The molecule has 0 N–H and O–H groups in total. The van der Waals surface area contributed by atoms with Gasteiger partial charge in [0.05, 0.1) is 5.02 Å². The number of halogens is 1. The highest BCUT2D eigenvalue weighted by atomic mass is 35.5. The Kier molecular flexibility index (Phi) is 6.00. The van der Waals surface area contributed by atoms with Crippen LogP contribution in [0.25, 0.3) is 0 Å². The van der Waals surface area contributed by atoms with Gasteiger partial charge in [-0.2, -0.15) is 4.31 Å². The molecule has 28 heavy (non-hydrogen) atoms. The third-order valence-electron chi connectivity index (χ3n) is 6.69. The van der Waals surface area contributed by atoms with Gasteiger partial charge < -0.3 is 4.90 Å². The maximum absolute atomic E-state index is 13.1. The van der Waals surface area contributed by atoms with Crippen LogP contribution in [0.4, 0.5) is 0 Å². The molecule has 4 rings (SSSR count). The molecule has 0 spiro atoms. The number of sulfonamides is 1. The number of nitrogens with zero attached hydrogens (tertiary/aromatic N) is 2. The fourth-order valence-electron chi connectivity index (χ4n) is 5.05. The molecule has 3 fully saturated rings. The van der Waals surface area contributed by atoms with E-state index in [-0.39, 0.29) is 15.8 Å².